The molecule has 1 unspecified atom stereocenters. The van der Waals surface area contributed by atoms with Crippen LogP contribution in [0.2, 0.25) is 0 Å². The summed E-state index contributed by atoms with van der Waals surface area (Å²) in [6, 6.07) is 0. The molecule has 0 bridgehead atoms. The number of rotatable bonds is 4. The molecular weight excluding hydrogens is 268 g/mol. The smallest absolute Gasteiger partial charge is 0.329 e. The maximum Gasteiger partial charge on any atom is 0.329 e. The van der Waals surface area contributed by atoms with Crippen molar-refractivity contribution in [1.82, 2.24) is 10.6 Å². The normalized spacial score (nSPS) is 26.1. The van der Waals surface area contributed by atoms with Crippen molar-refractivity contribution in [2.24, 2.45) is 11.3 Å². The Hall–Kier alpha value is -1.10. The second-order valence-electron chi connectivity index (χ2n) is 7.17. The van der Waals surface area contributed by atoms with Gasteiger partial charge in [0, 0.05) is 5.41 Å². The Labute approximate surface area is 126 Å². The van der Waals surface area contributed by atoms with Gasteiger partial charge in [0.25, 0.3) is 0 Å². The molecule has 1 aliphatic carbocycles. The van der Waals surface area contributed by atoms with Crippen LogP contribution in [0.4, 0.5) is 0 Å². The van der Waals surface area contributed by atoms with E-state index >= 15 is 0 Å². The molecule has 0 aromatic rings. The molecule has 21 heavy (non-hydrogen) atoms. The minimum Gasteiger partial charge on any atom is -0.480 e. The van der Waals surface area contributed by atoms with E-state index in [1.807, 2.05) is 13.8 Å². The van der Waals surface area contributed by atoms with E-state index in [1.165, 1.54) is 0 Å². The van der Waals surface area contributed by atoms with Gasteiger partial charge in [0.1, 0.15) is 5.54 Å². The van der Waals surface area contributed by atoms with Crippen LogP contribution in [-0.2, 0) is 9.59 Å². The van der Waals surface area contributed by atoms with Crippen LogP contribution in [0.3, 0.4) is 0 Å². The van der Waals surface area contributed by atoms with E-state index in [9.17, 15) is 14.7 Å². The van der Waals surface area contributed by atoms with Crippen LogP contribution in [-0.4, -0.2) is 35.6 Å². The van der Waals surface area contributed by atoms with E-state index in [2.05, 4.69) is 10.6 Å². The van der Waals surface area contributed by atoms with E-state index in [4.69, 9.17) is 0 Å². The second-order valence-corrected chi connectivity index (χ2v) is 7.17. The van der Waals surface area contributed by atoms with Gasteiger partial charge in [-0.2, -0.15) is 0 Å². The van der Waals surface area contributed by atoms with Crippen LogP contribution in [0.25, 0.3) is 0 Å². The lowest BCUT2D eigenvalue weighted by atomic mass is 9.73. The number of hydrogen-bond donors (Lipinski definition) is 3. The molecule has 2 fully saturated rings. The maximum atomic E-state index is 12.7. The number of amides is 1. The van der Waals surface area contributed by atoms with Gasteiger partial charge in [0.05, 0.1) is 0 Å². The van der Waals surface area contributed by atoms with Crippen molar-refractivity contribution in [3.63, 3.8) is 0 Å². The first-order valence-electron chi connectivity index (χ1n) is 8.15. The van der Waals surface area contributed by atoms with Crippen LogP contribution in [0.5, 0.6) is 0 Å². The van der Waals surface area contributed by atoms with Crippen molar-refractivity contribution in [3.8, 4) is 0 Å². The number of aliphatic carboxylic acids is 1. The SMILES string of the molecule is CC(C)(C(=O)NC1(C(=O)O)CCCCC1)C1CCCNC1. The van der Waals surface area contributed by atoms with Gasteiger partial charge in [0.15, 0.2) is 0 Å². The fourth-order valence-corrected chi connectivity index (χ4v) is 3.58. The molecule has 0 radical (unpaired) electrons. The summed E-state index contributed by atoms with van der Waals surface area (Å²) in [6.45, 7) is 5.73. The van der Waals surface area contributed by atoms with E-state index in [0.29, 0.717) is 12.8 Å². The molecule has 120 valence electrons. The lowest BCUT2D eigenvalue weighted by Gasteiger charge is -2.40. The standard InChI is InChI=1S/C16H28N2O3/c1-15(2,12-7-6-10-17-11-12)13(19)18-16(14(20)21)8-4-3-5-9-16/h12,17H,3-11H2,1-2H3,(H,18,19)(H,20,21). The molecule has 3 N–H and O–H groups in total. The summed E-state index contributed by atoms with van der Waals surface area (Å²) in [4.78, 5) is 24.4. The molecule has 0 aromatic carbocycles. The van der Waals surface area contributed by atoms with E-state index in [-0.39, 0.29) is 11.8 Å². The molecule has 5 nitrogen and oxygen atoms in total. The zero-order chi connectivity index (χ0) is 15.5. The lowest BCUT2D eigenvalue weighted by molar-refractivity contribution is -0.151. The van der Waals surface area contributed by atoms with E-state index in [1.54, 1.807) is 0 Å². The molecule has 1 saturated heterocycles. The van der Waals surface area contributed by atoms with Crippen LogP contribution >= 0.6 is 0 Å². The Balaban J connectivity index is 2.08. The zero-order valence-corrected chi connectivity index (χ0v) is 13.2. The molecule has 5 heteroatoms. The summed E-state index contributed by atoms with van der Waals surface area (Å²) in [7, 11) is 0. The highest BCUT2D eigenvalue weighted by Gasteiger charge is 2.45. The second kappa shape index (κ2) is 6.34. The topological polar surface area (TPSA) is 78.4 Å². The number of carbonyl (C=O) groups excluding carboxylic acids is 1. The Morgan fingerprint density at radius 1 is 1.19 bits per heavy atom. The molecule has 1 atom stereocenters. The average molecular weight is 296 g/mol. The van der Waals surface area contributed by atoms with Gasteiger partial charge in [-0.3, -0.25) is 4.79 Å². The predicted molar refractivity (Wildman–Crippen MR) is 81.0 cm³/mol. The summed E-state index contributed by atoms with van der Waals surface area (Å²) < 4.78 is 0. The van der Waals surface area contributed by atoms with E-state index in [0.717, 1.165) is 45.2 Å². The fraction of sp³-hybridized carbons (Fsp3) is 0.875. The van der Waals surface area contributed by atoms with Gasteiger partial charge < -0.3 is 15.7 Å². The van der Waals surface area contributed by atoms with Crippen molar-refractivity contribution in [2.45, 2.75) is 64.3 Å². The Kier molecular flexibility index (Phi) is 4.91. The summed E-state index contributed by atoms with van der Waals surface area (Å²) in [5.41, 5.74) is -1.58. The Bertz CT molecular complexity index is 394. The molecule has 1 heterocycles. The summed E-state index contributed by atoms with van der Waals surface area (Å²) in [5.74, 6) is -0.727. The highest BCUT2D eigenvalue weighted by atomic mass is 16.4. The van der Waals surface area contributed by atoms with Crippen LogP contribution in [0, 0.1) is 11.3 Å². The van der Waals surface area contributed by atoms with Gasteiger partial charge in [-0.25, -0.2) is 4.79 Å². The average Bonchev–Trinajstić information content (AvgIpc) is 2.49. The minimum atomic E-state index is -1.05. The summed E-state index contributed by atoms with van der Waals surface area (Å²) in [5, 5.41) is 15.8. The molecule has 0 spiro atoms. The quantitative estimate of drug-likeness (QED) is 0.740. The highest BCUT2D eigenvalue weighted by Crippen LogP contribution is 2.35. The minimum absolute atomic E-state index is 0.111. The van der Waals surface area contributed by atoms with Crippen LogP contribution in [0.1, 0.15) is 58.8 Å². The third-order valence-electron chi connectivity index (χ3n) is 5.37. The first-order valence-corrected chi connectivity index (χ1v) is 8.15. The first-order chi connectivity index (χ1) is 9.88. The molecule has 1 aliphatic heterocycles. The number of nitrogens with one attached hydrogen (secondary N) is 2. The van der Waals surface area contributed by atoms with Gasteiger partial charge in [0.2, 0.25) is 5.91 Å². The van der Waals surface area contributed by atoms with Gasteiger partial charge in [-0.1, -0.05) is 33.1 Å². The monoisotopic (exact) mass is 296 g/mol. The third-order valence-corrected chi connectivity index (χ3v) is 5.37. The number of piperidine rings is 1. The molecule has 1 amide bonds. The predicted octanol–water partition coefficient (Wildman–Crippen LogP) is 1.92. The van der Waals surface area contributed by atoms with E-state index < -0.39 is 16.9 Å². The van der Waals surface area contributed by atoms with Crippen molar-refractivity contribution in [1.29, 1.82) is 0 Å². The molecule has 0 aromatic heterocycles. The lowest BCUT2D eigenvalue weighted by Crippen LogP contribution is -2.60. The highest BCUT2D eigenvalue weighted by molar-refractivity contribution is 5.89. The van der Waals surface area contributed by atoms with Gasteiger partial charge >= 0.3 is 5.97 Å². The maximum absolute atomic E-state index is 12.7. The zero-order valence-electron chi connectivity index (χ0n) is 13.2. The third kappa shape index (κ3) is 3.39. The van der Waals surface area contributed by atoms with Gasteiger partial charge in [-0.15, -0.1) is 0 Å². The van der Waals surface area contributed by atoms with Gasteiger partial charge in [-0.05, 0) is 44.7 Å². The number of carboxylic acids is 1. The molecule has 1 saturated carbocycles. The number of hydrogen-bond acceptors (Lipinski definition) is 3. The fourth-order valence-electron chi connectivity index (χ4n) is 3.58. The molecular formula is C16H28N2O3. The van der Waals surface area contributed by atoms with Crippen molar-refractivity contribution in [3.05, 3.63) is 0 Å². The number of carboxylic acid groups (broad SMARTS) is 1. The molecule has 2 aliphatic rings. The number of carbonyl (C=O) groups is 2. The molecule has 2 rings (SSSR count). The van der Waals surface area contributed by atoms with Crippen molar-refractivity contribution < 1.29 is 14.7 Å². The van der Waals surface area contributed by atoms with Crippen LogP contribution in [0.15, 0.2) is 0 Å². The van der Waals surface area contributed by atoms with Crippen molar-refractivity contribution >= 4 is 11.9 Å². The van der Waals surface area contributed by atoms with Crippen molar-refractivity contribution in [2.75, 3.05) is 13.1 Å². The largest absolute Gasteiger partial charge is 0.480 e. The Morgan fingerprint density at radius 2 is 1.86 bits per heavy atom. The Morgan fingerprint density at radius 3 is 2.38 bits per heavy atom. The summed E-state index contributed by atoms with van der Waals surface area (Å²) >= 11 is 0. The summed E-state index contributed by atoms with van der Waals surface area (Å²) in [6.07, 6.45) is 6.00. The van der Waals surface area contributed by atoms with Crippen LogP contribution < -0.4 is 10.6 Å². The first kappa shape index (κ1) is 16.3.